The van der Waals surface area contributed by atoms with E-state index >= 15 is 0 Å². The normalized spacial score (nSPS) is 11.0. The second-order valence-corrected chi connectivity index (χ2v) is 7.08. The average molecular weight is 410 g/mol. The van der Waals surface area contributed by atoms with Gasteiger partial charge in [0.2, 0.25) is 5.43 Å². The largest absolute Gasteiger partial charge is 0.288 e. The second-order valence-electron chi connectivity index (χ2n) is 7.08. The van der Waals surface area contributed by atoms with E-state index in [-0.39, 0.29) is 5.43 Å². The van der Waals surface area contributed by atoms with Crippen LogP contribution in [0.15, 0.2) is 78.4 Å². The van der Waals surface area contributed by atoms with Crippen LogP contribution >= 0.6 is 0 Å². The summed E-state index contributed by atoms with van der Waals surface area (Å²) in [4.78, 5) is 21.3. The third kappa shape index (κ3) is 3.88. The minimum atomic E-state index is -0.106. The van der Waals surface area contributed by atoms with Gasteiger partial charge in [-0.05, 0) is 17.7 Å². The average Bonchev–Trinajstić information content (AvgIpc) is 3.48. The number of nitrogens with zero attached hydrogens (tertiary/aromatic N) is 7. The number of benzene rings is 1. The van der Waals surface area contributed by atoms with E-state index in [4.69, 9.17) is 0 Å². The van der Waals surface area contributed by atoms with Gasteiger partial charge >= 0.3 is 0 Å². The van der Waals surface area contributed by atoms with Gasteiger partial charge in [0, 0.05) is 55.4 Å². The molecule has 9 heteroatoms. The van der Waals surface area contributed by atoms with Gasteiger partial charge in [-0.1, -0.05) is 18.2 Å². The van der Waals surface area contributed by atoms with Crippen LogP contribution in [0, 0.1) is 0 Å². The molecule has 31 heavy (non-hydrogen) atoms. The lowest BCUT2D eigenvalue weighted by Gasteiger charge is -2.07. The zero-order valence-electron chi connectivity index (χ0n) is 16.7. The molecule has 9 nitrogen and oxygen atoms in total. The van der Waals surface area contributed by atoms with Crippen LogP contribution < -0.4 is 5.43 Å². The highest BCUT2D eigenvalue weighted by Crippen LogP contribution is 2.20. The maximum atomic E-state index is 12.4. The monoisotopic (exact) mass is 410 g/mol. The molecule has 0 atom stereocenters. The number of H-pyrrole nitrogens is 1. The first-order valence-electron chi connectivity index (χ1n) is 9.65. The smallest absolute Gasteiger partial charge is 0.203 e. The SMILES string of the molecule is Cn1cc(-n2ccc(=O)c(Cc3cccc(-c4ncc(-c5cc[nH]n5)cn4)c3)n2)cn1. The van der Waals surface area contributed by atoms with Crippen LogP contribution in [0.3, 0.4) is 0 Å². The van der Waals surface area contributed by atoms with Crippen molar-refractivity contribution in [3.8, 4) is 28.3 Å². The lowest BCUT2D eigenvalue weighted by atomic mass is 10.1. The molecule has 5 rings (SSSR count). The van der Waals surface area contributed by atoms with Gasteiger partial charge in [0.1, 0.15) is 11.4 Å². The van der Waals surface area contributed by atoms with Crippen molar-refractivity contribution >= 4 is 0 Å². The van der Waals surface area contributed by atoms with Gasteiger partial charge in [0.05, 0.1) is 18.1 Å². The van der Waals surface area contributed by atoms with Gasteiger partial charge < -0.3 is 0 Å². The quantitative estimate of drug-likeness (QED) is 0.477. The van der Waals surface area contributed by atoms with Crippen LogP contribution in [0.2, 0.25) is 0 Å². The Morgan fingerprint density at radius 3 is 2.65 bits per heavy atom. The van der Waals surface area contributed by atoms with Crippen molar-refractivity contribution in [1.29, 1.82) is 0 Å². The highest BCUT2D eigenvalue weighted by Gasteiger charge is 2.09. The molecule has 1 aromatic carbocycles. The number of rotatable bonds is 5. The Hall–Kier alpha value is -4.40. The Kier molecular flexibility index (Phi) is 4.68. The van der Waals surface area contributed by atoms with Gasteiger partial charge in [0.15, 0.2) is 5.82 Å². The van der Waals surface area contributed by atoms with Crippen LogP contribution in [-0.2, 0) is 13.5 Å². The molecule has 0 bridgehead atoms. The molecule has 0 fully saturated rings. The number of aromatic amines is 1. The molecular weight excluding hydrogens is 392 g/mol. The van der Waals surface area contributed by atoms with Crippen LogP contribution in [0.4, 0.5) is 0 Å². The number of hydrogen-bond donors (Lipinski definition) is 1. The number of nitrogens with one attached hydrogen (secondary N) is 1. The fourth-order valence-electron chi connectivity index (χ4n) is 3.28. The molecule has 5 aromatic rings. The third-order valence-corrected chi connectivity index (χ3v) is 4.84. The molecule has 152 valence electrons. The summed E-state index contributed by atoms with van der Waals surface area (Å²) in [6.45, 7) is 0. The van der Waals surface area contributed by atoms with Crippen molar-refractivity contribution in [2.24, 2.45) is 7.05 Å². The fraction of sp³-hybridized carbons (Fsp3) is 0.0909. The van der Waals surface area contributed by atoms with Crippen LogP contribution in [0.1, 0.15) is 11.3 Å². The first kappa shape index (κ1) is 18.6. The number of hydrogen-bond acceptors (Lipinski definition) is 6. The van der Waals surface area contributed by atoms with Crippen LogP contribution in [0.25, 0.3) is 28.3 Å². The molecule has 0 amide bonds. The molecular formula is C22H18N8O. The summed E-state index contributed by atoms with van der Waals surface area (Å²) in [6, 6.07) is 11.2. The number of aryl methyl sites for hydroxylation is 1. The van der Waals surface area contributed by atoms with Crippen molar-refractivity contribution in [2.75, 3.05) is 0 Å². The summed E-state index contributed by atoms with van der Waals surface area (Å²) < 4.78 is 3.35. The minimum absolute atomic E-state index is 0.106. The highest BCUT2D eigenvalue weighted by atomic mass is 16.1. The van der Waals surface area contributed by atoms with Crippen LogP contribution in [-0.4, -0.2) is 39.7 Å². The van der Waals surface area contributed by atoms with E-state index in [0.29, 0.717) is 17.9 Å². The maximum Gasteiger partial charge on any atom is 0.203 e. The van der Waals surface area contributed by atoms with Gasteiger partial charge in [-0.2, -0.15) is 15.3 Å². The third-order valence-electron chi connectivity index (χ3n) is 4.84. The first-order valence-corrected chi connectivity index (χ1v) is 9.65. The molecule has 4 heterocycles. The van der Waals surface area contributed by atoms with Gasteiger partial charge in [-0.3, -0.25) is 14.6 Å². The summed E-state index contributed by atoms with van der Waals surface area (Å²) in [5.41, 5.74) is 4.60. The van der Waals surface area contributed by atoms with Gasteiger partial charge in [-0.15, -0.1) is 0 Å². The fourth-order valence-corrected chi connectivity index (χ4v) is 3.28. The lowest BCUT2D eigenvalue weighted by molar-refractivity contribution is 0.762. The van der Waals surface area contributed by atoms with Crippen molar-refractivity contribution in [3.63, 3.8) is 0 Å². The van der Waals surface area contributed by atoms with Gasteiger partial charge in [-0.25, -0.2) is 14.6 Å². The predicted octanol–water partition coefficient (Wildman–Crippen LogP) is 2.40. The first-order chi connectivity index (χ1) is 15.2. The topological polar surface area (TPSA) is 107 Å². The summed E-state index contributed by atoms with van der Waals surface area (Å²) in [5, 5.41) is 15.6. The molecule has 0 spiro atoms. The van der Waals surface area contributed by atoms with Crippen molar-refractivity contribution in [1.82, 2.24) is 39.7 Å². The molecule has 0 aliphatic heterocycles. The Balaban J connectivity index is 1.41. The summed E-state index contributed by atoms with van der Waals surface area (Å²) in [7, 11) is 1.84. The zero-order valence-corrected chi connectivity index (χ0v) is 16.7. The highest BCUT2D eigenvalue weighted by molar-refractivity contribution is 5.60. The van der Waals surface area contributed by atoms with Crippen molar-refractivity contribution < 1.29 is 0 Å². The molecule has 1 N–H and O–H groups in total. The van der Waals surface area contributed by atoms with Crippen LogP contribution in [0.5, 0.6) is 0 Å². The predicted molar refractivity (Wildman–Crippen MR) is 114 cm³/mol. The Morgan fingerprint density at radius 2 is 1.90 bits per heavy atom. The standard InChI is InChI=1S/C22H18N8O/c1-29-14-18(13-26-29)30-8-6-21(31)20(28-30)10-15-3-2-4-16(9-15)22-23-11-17(12-24-22)19-5-7-25-27-19/h2-9,11-14H,10H2,1H3,(H,25,27). The second kappa shape index (κ2) is 7.79. The Labute approximate surface area is 177 Å². The molecule has 0 aliphatic rings. The maximum absolute atomic E-state index is 12.4. The summed E-state index contributed by atoms with van der Waals surface area (Å²) >= 11 is 0. The number of aromatic nitrogens is 8. The summed E-state index contributed by atoms with van der Waals surface area (Å²) in [5.74, 6) is 0.606. The lowest BCUT2D eigenvalue weighted by Crippen LogP contribution is -2.16. The van der Waals surface area contributed by atoms with Gasteiger partial charge in [0.25, 0.3) is 0 Å². The molecule has 0 saturated heterocycles. The summed E-state index contributed by atoms with van der Waals surface area (Å²) in [6.07, 6.45) is 10.8. The molecule has 0 aliphatic carbocycles. The van der Waals surface area contributed by atoms with E-state index < -0.39 is 0 Å². The Bertz CT molecular complexity index is 1380. The Morgan fingerprint density at radius 1 is 1.03 bits per heavy atom. The van der Waals surface area contributed by atoms with E-state index in [1.807, 2.05) is 43.6 Å². The van der Waals surface area contributed by atoms with E-state index in [1.165, 1.54) is 6.07 Å². The molecule has 0 saturated carbocycles. The molecule has 4 aromatic heterocycles. The van der Waals surface area contributed by atoms with E-state index in [1.54, 1.807) is 40.3 Å². The minimum Gasteiger partial charge on any atom is -0.288 e. The molecule has 0 unspecified atom stereocenters. The van der Waals surface area contributed by atoms with E-state index in [0.717, 1.165) is 28.1 Å². The van der Waals surface area contributed by atoms with E-state index in [2.05, 4.69) is 30.4 Å². The molecule has 0 radical (unpaired) electrons. The van der Waals surface area contributed by atoms with Crippen molar-refractivity contribution in [3.05, 3.63) is 95.1 Å². The van der Waals surface area contributed by atoms with E-state index in [9.17, 15) is 4.79 Å². The van der Waals surface area contributed by atoms with Crippen molar-refractivity contribution in [2.45, 2.75) is 6.42 Å². The zero-order chi connectivity index (χ0) is 21.2.